The average molecular weight is 389 g/mol. The summed E-state index contributed by atoms with van der Waals surface area (Å²) in [5.74, 6) is 1.87. The van der Waals surface area contributed by atoms with Gasteiger partial charge in [0.25, 0.3) is 5.91 Å². The fraction of sp³-hybridized carbons (Fsp3) is 0.762. The molecule has 3 heterocycles. The Hall–Kier alpha value is -1.89. The Labute approximate surface area is 167 Å². The molecule has 0 unspecified atom stereocenters. The lowest BCUT2D eigenvalue weighted by atomic mass is 9.86. The fourth-order valence-electron chi connectivity index (χ4n) is 4.50. The molecule has 4 rings (SSSR count). The van der Waals surface area contributed by atoms with E-state index in [1.165, 1.54) is 12.8 Å². The molecule has 1 aromatic rings. The van der Waals surface area contributed by atoms with E-state index < -0.39 is 0 Å². The summed E-state index contributed by atoms with van der Waals surface area (Å²) in [5, 5.41) is 4.01. The minimum absolute atomic E-state index is 0.0615. The predicted molar refractivity (Wildman–Crippen MR) is 105 cm³/mol. The zero-order valence-corrected chi connectivity index (χ0v) is 17.3. The van der Waals surface area contributed by atoms with Gasteiger partial charge in [0.2, 0.25) is 5.91 Å². The molecule has 2 amide bonds. The minimum atomic E-state index is -0.132. The van der Waals surface area contributed by atoms with Gasteiger partial charge in [-0.1, -0.05) is 19.0 Å². The zero-order valence-electron chi connectivity index (χ0n) is 17.3. The first-order valence-electron chi connectivity index (χ1n) is 10.6. The molecular formula is C21H32N4O3. The number of likely N-dealkylation sites (tertiary alicyclic amines) is 1. The molecule has 3 aliphatic rings. The van der Waals surface area contributed by atoms with E-state index in [0.717, 1.165) is 38.2 Å². The van der Waals surface area contributed by atoms with E-state index in [9.17, 15) is 9.59 Å². The summed E-state index contributed by atoms with van der Waals surface area (Å²) in [4.78, 5) is 32.0. The molecule has 1 atom stereocenters. The number of rotatable bonds is 4. The lowest BCUT2D eigenvalue weighted by Gasteiger charge is -2.49. The Morgan fingerprint density at radius 3 is 2.75 bits per heavy atom. The van der Waals surface area contributed by atoms with Gasteiger partial charge in [-0.2, -0.15) is 0 Å². The maximum atomic E-state index is 13.0. The number of piperazine rings is 1. The van der Waals surface area contributed by atoms with E-state index >= 15 is 0 Å². The van der Waals surface area contributed by atoms with E-state index in [1.807, 2.05) is 18.7 Å². The predicted octanol–water partition coefficient (Wildman–Crippen LogP) is 2.35. The normalized spacial score (nSPS) is 26.9. The SMILES string of the molecule is CC(C)c1cc(C(=O)N2CCN(C)[C@@]3(CCC(=O)N(CC4CC4)CC3)C2)no1. The molecule has 1 aliphatic carbocycles. The van der Waals surface area contributed by atoms with E-state index in [1.54, 1.807) is 6.07 Å². The van der Waals surface area contributed by atoms with Crippen molar-refractivity contribution >= 4 is 11.8 Å². The molecule has 1 spiro atoms. The highest BCUT2D eigenvalue weighted by atomic mass is 16.5. The van der Waals surface area contributed by atoms with Crippen LogP contribution < -0.4 is 0 Å². The summed E-state index contributed by atoms with van der Waals surface area (Å²) in [7, 11) is 2.13. The third kappa shape index (κ3) is 3.81. The van der Waals surface area contributed by atoms with Crippen LogP contribution in [0.2, 0.25) is 0 Å². The quantitative estimate of drug-likeness (QED) is 0.792. The summed E-state index contributed by atoms with van der Waals surface area (Å²) >= 11 is 0. The number of hydrogen-bond acceptors (Lipinski definition) is 5. The summed E-state index contributed by atoms with van der Waals surface area (Å²) in [6.45, 7) is 7.90. The third-order valence-corrected chi connectivity index (χ3v) is 6.78. The maximum Gasteiger partial charge on any atom is 0.276 e. The third-order valence-electron chi connectivity index (χ3n) is 6.78. The lowest BCUT2D eigenvalue weighted by molar-refractivity contribution is -0.130. The van der Waals surface area contributed by atoms with Crippen molar-refractivity contribution in [3.05, 3.63) is 17.5 Å². The zero-order chi connectivity index (χ0) is 19.9. The van der Waals surface area contributed by atoms with Crippen LogP contribution in [0.3, 0.4) is 0 Å². The van der Waals surface area contributed by atoms with Crippen molar-refractivity contribution in [1.82, 2.24) is 19.9 Å². The van der Waals surface area contributed by atoms with Gasteiger partial charge < -0.3 is 14.3 Å². The number of hydrogen-bond donors (Lipinski definition) is 0. The minimum Gasteiger partial charge on any atom is -0.360 e. The van der Waals surface area contributed by atoms with Crippen LogP contribution in [0.25, 0.3) is 0 Å². The first-order chi connectivity index (χ1) is 13.4. The van der Waals surface area contributed by atoms with Crippen LogP contribution >= 0.6 is 0 Å². The van der Waals surface area contributed by atoms with Gasteiger partial charge in [0.15, 0.2) is 5.69 Å². The van der Waals surface area contributed by atoms with Crippen molar-refractivity contribution < 1.29 is 14.1 Å². The van der Waals surface area contributed by atoms with Gasteiger partial charge in [0, 0.05) is 56.7 Å². The molecule has 0 N–H and O–H groups in total. The van der Waals surface area contributed by atoms with Gasteiger partial charge in [0.05, 0.1) is 0 Å². The van der Waals surface area contributed by atoms with Gasteiger partial charge >= 0.3 is 0 Å². The number of carbonyl (C=O) groups is 2. The van der Waals surface area contributed by atoms with Crippen LogP contribution in [-0.2, 0) is 4.79 Å². The van der Waals surface area contributed by atoms with Gasteiger partial charge in [-0.3, -0.25) is 14.5 Å². The van der Waals surface area contributed by atoms with Crippen LogP contribution in [0, 0.1) is 5.92 Å². The number of amides is 2. The Balaban J connectivity index is 1.47. The van der Waals surface area contributed by atoms with Crippen LogP contribution in [-0.4, -0.2) is 77.0 Å². The number of aromatic nitrogens is 1. The molecule has 1 aromatic heterocycles. The molecule has 2 saturated heterocycles. The molecule has 2 aliphatic heterocycles. The fourth-order valence-corrected chi connectivity index (χ4v) is 4.50. The molecule has 0 bridgehead atoms. The van der Waals surface area contributed by atoms with Gasteiger partial charge in [0.1, 0.15) is 5.76 Å². The van der Waals surface area contributed by atoms with Crippen LogP contribution in [0.5, 0.6) is 0 Å². The highest BCUT2D eigenvalue weighted by Crippen LogP contribution is 2.35. The first kappa shape index (κ1) is 19.4. The van der Waals surface area contributed by atoms with E-state index in [0.29, 0.717) is 31.1 Å². The Bertz CT molecular complexity index is 742. The number of likely N-dealkylation sites (N-methyl/N-ethyl adjacent to an activating group) is 1. The Kier molecular flexibility index (Phi) is 5.21. The molecule has 1 saturated carbocycles. The average Bonchev–Trinajstić information content (AvgIpc) is 3.38. The highest BCUT2D eigenvalue weighted by Gasteiger charge is 2.44. The van der Waals surface area contributed by atoms with Crippen LogP contribution in [0.4, 0.5) is 0 Å². The van der Waals surface area contributed by atoms with E-state index in [-0.39, 0.29) is 23.3 Å². The van der Waals surface area contributed by atoms with Crippen molar-refractivity contribution in [2.24, 2.45) is 5.92 Å². The van der Waals surface area contributed by atoms with E-state index in [4.69, 9.17) is 4.52 Å². The molecular weight excluding hydrogens is 356 g/mol. The summed E-state index contributed by atoms with van der Waals surface area (Å²) in [5.41, 5.74) is 0.260. The van der Waals surface area contributed by atoms with Crippen LogP contribution in [0.1, 0.15) is 68.1 Å². The second-order valence-corrected chi connectivity index (χ2v) is 9.17. The summed E-state index contributed by atoms with van der Waals surface area (Å²) < 4.78 is 5.33. The molecule has 154 valence electrons. The van der Waals surface area contributed by atoms with E-state index in [2.05, 4.69) is 22.0 Å². The van der Waals surface area contributed by atoms with Crippen LogP contribution in [0.15, 0.2) is 10.6 Å². The van der Waals surface area contributed by atoms with Gasteiger partial charge in [-0.25, -0.2) is 0 Å². The smallest absolute Gasteiger partial charge is 0.276 e. The maximum absolute atomic E-state index is 13.0. The molecule has 28 heavy (non-hydrogen) atoms. The molecule has 7 heteroatoms. The molecule has 0 radical (unpaired) electrons. The monoisotopic (exact) mass is 388 g/mol. The van der Waals surface area contributed by atoms with Gasteiger partial charge in [-0.05, 0) is 38.6 Å². The van der Waals surface area contributed by atoms with Crippen molar-refractivity contribution in [1.29, 1.82) is 0 Å². The molecule has 7 nitrogen and oxygen atoms in total. The highest BCUT2D eigenvalue weighted by molar-refractivity contribution is 5.92. The van der Waals surface area contributed by atoms with Crippen molar-refractivity contribution in [3.8, 4) is 0 Å². The van der Waals surface area contributed by atoms with Crippen molar-refractivity contribution in [2.45, 2.75) is 57.4 Å². The standard InChI is InChI=1S/C21H32N4O3/c1-15(2)18-12-17(22-28-18)20(27)25-11-10-23(3)21(14-25)7-6-19(26)24(9-8-21)13-16-4-5-16/h12,15-16H,4-11,13-14H2,1-3H3/t21-/m1/s1. The van der Waals surface area contributed by atoms with Gasteiger partial charge in [-0.15, -0.1) is 0 Å². The second kappa shape index (κ2) is 7.50. The second-order valence-electron chi connectivity index (χ2n) is 9.17. The lowest BCUT2D eigenvalue weighted by Crippen LogP contribution is -2.62. The number of nitrogens with zero attached hydrogens (tertiary/aromatic N) is 4. The first-order valence-corrected chi connectivity index (χ1v) is 10.6. The van der Waals surface area contributed by atoms with Crippen molar-refractivity contribution in [2.75, 3.05) is 39.8 Å². The summed E-state index contributed by atoms with van der Waals surface area (Å²) in [6.07, 6.45) is 4.81. The molecule has 0 aromatic carbocycles. The molecule has 3 fully saturated rings. The largest absolute Gasteiger partial charge is 0.360 e. The summed E-state index contributed by atoms with van der Waals surface area (Å²) in [6, 6.07) is 1.77. The topological polar surface area (TPSA) is 69.9 Å². The number of carbonyl (C=O) groups excluding carboxylic acids is 2. The van der Waals surface area contributed by atoms with Crippen molar-refractivity contribution in [3.63, 3.8) is 0 Å². The Morgan fingerprint density at radius 2 is 2.07 bits per heavy atom. The Morgan fingerprint density at radius 1 is 1.29 bits per heavy atom.